The summed E-state index contributed by atoms with van der Waals surface area (Å²) < 4.78 is 0. The minimum Gasteiger partial charge on any atom is -0.360 e. The second-order valence-electron chi connectivity index (χ2n) is 5.84. The van der Waals surface area contributed by atoms with Crippen molar-refractivity contribution in [3.8, 4) is 0 Å². The summed E-state index contributed by atoms with van der Waals surface area (Å²) in [7, 11) is 0. The molecule has 1 aromatic heterocycles. The van der Waals surface area contributed by atoms with Gasteiger partial charge in [-0.25, -0.2) is 0 Å². The van der Waals surface area contributed by atoms with Crippen LogP contribution in [0.1, 0.15) is 42.8 Å². The van der Waals surface area contributed by atoms with Crippen LogP contribution in [0.5, 0.6) is 0 Å². The van der Waals surface area contributed by atoms with E-state index in [1.165, 1.54) is 5.56 Å². The third kappa shape index (κ3) is 4.43. The number of Topliss-reactive ketones (excluding diaryl/α,β-unsaturated/α-hetero) is 2. The van der Waals surface area contributed by atoms with Crippen LogP contribution >= 0.6 is 0 Å². The van der Waals surface area contributed by atoms with E-state index >= 15 is 0 Å². The molecule has 0 spiro atoms. The molecule has 1 aliphatic carbocycles. The summed E-state index contributed by atoms with van der Waals surface area (Å²) in [6, 6.07) is 15.9. The van der Waals surface area contributed by atoms with Crippen LogP contribution in [-0.2, 0) is 29.8 Å². The number of hydrogen-bond donors (Lipinski definition) is 1. The fraction of sp³-hybridized carbons (Fsp3) is 0.182. The van der Waals surface area contributed by atoms with Crippen molar-refractivity contribution in [1.29, 1.82) is 0 Å². The number of aromatic nitrogens is 1. The first-order chi connectivity index (χ1) is 11.6. The fourth-order valence-electron chi connectivity index (χ4n) is 2.98. The van der Waals surface area contributed by atoms with Crippen LogP contribution in [0.4, 0.5) is 0 Å². The number of rotatable bonds is 2. The third-order valence-corrected chi connectivity index (χ3v) is 4.18. The number of nitrogens with one attached hydrogen (secondary N) is 1. The van der Waals surface area contributed by atoms with Crippen molar-refractivity contribution >= 4 is 28.0 Å². The number of fused-ring (bicyclic) bond motifs is 2. The Morgan fingerprint density at radius 1 is 0.923 bits per heavy atom. The molecule has 0 bridgehead atoms. The summed E-state index contributed by atoms with van der Waals surface area (Å²) in [5.41, 5.74) is 5.05. The number of ketones is 2. The van der Waals surface area contributed by atoms with Crippen LogP contribution in [0.3, 0.4) is 0 Å². The second kappa shape index (κ2) is 9.37. The van der Waals surface area contributed by atoms with Gasteiger partial charge in [-0.05, 0) is 37.5 Å². The molecule has 0 amide bonds. The smallest absolute Gasteiger partial charge is 0.161 e. The molecule has 1 heterocycles. The molecule has 1 N–H and O–H groups in total. The summed E-state index contributed by atoms with van der Waals surface area (Å²) in [5, 5.41) is 1.00. The molecule has 4 rings (SSSR count). The van der Waals surface area contributed by atoms with E-state index in [9.17, 15) is 9.59 Å². The van der Waals surface area contributed by atoms with Crippen LogP contribution in [0, 0.1) is 0 Å². The Balaban J connectivity index is 0.000000241. The normalized spacial score (nSPS) is 11.2. The maximum Gasteiger partial charge on any atom is 0.161 e. The van der Waals surface area contributed by atoms with Crippen LogP contribution in [0.2, 0.25) is 0 Å². The van der Waals surface area contributed by atoms with Crippen molar-refractivity contribution < 1.29 is 28.1 Å². The van der Waals surface area contributed by atoms with E-state index in [1.54, 1.807) is 20.0 Å². The van der Waals surface area contributed by atoms with Crippen LogP contribution in [0.15, 0.2) is 60.8 Å². The molecule has 4 heteroatoms. The number of H-pyrrole nitrogens is 1. The van der Waals surface area contributed by atoms with Gasteiger partial charge in [-0.15, -0.1) is 0 Å². The van der Waals surface area contributed by atoms with E-state index in [0.29, 0.717) is 0 Å². The monoisotopic (exact) mass is 384 g/mol. The van der Waals surface area contributed by atoms with E-state index in [2.05, 4.69) is 11.1 Å². The van der Waals surface area contributed by atoms with Crippen LogP contribution in [0.25, 0.3) is 16.5 Å². The van der Waals surface area contributed by atoms with Gasteiger partial charge in [0.15, 0.2) is 11.6 Å². The molecule has 0 saturated heterocycles. The molecule has 133 valence electrons. The van der Waals surface area contributed by atoms with Gasteiger partial charge in [0.05, 0.1) is 0 Å². The van der Waals surface area contributed by atoms with Crippen LogP contribution in [-0.4, -0.2) is 16.6 Å². The summed E-state index contributed by atoms with van der Waals surface area (Å²) in [6.45, 7) is 3.20. The summed E-state index contributed by atoms with van der Waals surface area (Å²) in [6.07, 6.45) is 4.67. The van der Waals surface area contributed by atoms with E-state index < -0.39 is 0 Å². The Morgan fingerprint density at radius 2 is 1.58 bits per heavy atom. The number of carbonyl (C=O) groups excluding carboxylic acids is 2. The molecule has 0 fully saturated rings. The Morgan fingerprint density at radius 3 is 2.27 bits per heavy atom. The number of benzene rings is 2. The Hall–Kier alpha value is -2.36. The zero-order valence-corrected chi connectivity index (χ0v) is 15.6. The van der Waals surface area contributed by atoms with E-state index in [0.717, 1.165) is 34.0 Å². The largest absolute Gasteiger partial charge is 0.360 e. The number of allylic oxidation sites excluding steroid dienone is 2. The number of hydrogen-bond acceptors (Lipinski definition) is 2. The summed E-state index contributed by atoms with van der Waals surface area (Å²) in [4.78, 5) is 25.3. The first-order valence-corrected chi connectivity index (χ1v) is 7.94. The van der Waals surface area contributed by atoms with Gasteiger partial charge in [-0.3, -0.25) is 9.59 Å². The Kier molecular flexibility index (Phi) is 7.82. The maximum absolute atomic E-state index is 11.1. The fourth-order valence-corrected chi connectivity index (χ4v) is 2.98. The van der Waals surface area contributed by atoms with Crippen molar-refractivity contribution in [1.82, 2.24) is 4.98 Å². The molecule has 1 radical (unpaired) electrons. The van der Waals surface area contributed by atoms with Crippen molar-refractivity contribution in [3.05, 3.63) is 77.5 Å². The molecule has 2 aromatic carbocycles. The summed E-state index contributed by atoms with van der Waals surface area (Å²) in [5.74, 6) is 0.271. The van der Waals surface area contributed by atoms with E-state index in [1.807, 2.05) is 48.5 Å². The standard InChI is InChI=1S/C11H10O.C10H9NO.CH4.V/c1-8(12)10-7-6-9-4-2-3-5-11(9)10;1-7(12)9-6-11-10-5-3-2-4-8(9)10;;/h2-5,7H,6H2,1H3;2-6,11H,1H3;1H4;. The molecule has 1 aliphatic rings. The average Bonchev–Trinajstić information content (AvgIpc) is 3.19. The summed E-state index contributed by atoms with van der Waals surface area (Å²) >= 11 is 0. The predicted octanol–water partition coefficient (Wildman–Crippen LogP) is 5.22. The minimum absolute atomic E-state index is 0. The van der Waals surface area contributed by atoms with Gasteiger partial charge in [-0.2, -0.15) is 0 Å². The molecule has 0 unspecified atom stereocenters. The number of carbonyl (C=O) groups is 2. The van der Waals surface area contributed by atoms with Gasteiger partial charge in [0.25, 0.3) is 0 Å². The molecule has 0 saturated carbocycles. The first kappa shape index (κ1) is 21.7. The minimum atomic E-state index is 0. The Labute approximate surface area is 166 Å². The van der Waals surface area contributed by atoms with Crippen LogP contribution < -0.4 is 0 Å². The quantitative estimate of drug-likeness (QED) is 0.616. The topological polar surface area (TPSA) is 49.9 Å². The predicted molar refractivity (Wildman–Crippen MR) is 104 cm³/mol. The van der Waals surface area contributed by atoms with Gasteiger partial charge in [-0.1, -0.05) is 56.0 Å². The second-order valence-corrected chi connectivity index (χ2v) is 5.84. The molecule has 3 nitrogen and oxygen atoms in total. The average molecular weight is 384 g/mol. The van der Waals surface area contributed by atoms with Gasteiger partial charge >= 0.3 is 0 Å². The number of para-hydroxylation sites is 1. The first-order valence-electron chi connectivity index (χ1n) is 7.94. The van der Waals surface area contributed by atoms with Crippen molar-refractivity contribution in [3.63, 3.8) is 0 Å². The van der Waals surface area contributed by atoms with Gasteiger partial charge < -0.3 is 4.98 Å². The zero-order valence-electron chi connectivity index (χ0n) is 14.2. The maximum atomic E-state index is 11.1. The van der Waals surface area contributed by atoms with E-state index in [-0.39, 0.29) is 37.5 Å². The van der Waals surface area contributed by atoms with Gasteiger partial charge in [0.1, 0.15) is 0 Å². The molecule has 0 aliphatic heterocycles. The Bertz CT molecular complexity index is 953. The zero-order chi connectivity index (χ0) is 17.1. The third-order valence-electron chi connectivity index (χ3n) is 4.18. The van der Waals surface area contributed by atoms with Crippen molar-refractivity contribution in [2.75, 3.05) is 0 Å². The molecule has 26 heavy (non-hydrogen) atoms. The SMILES string of the molecule is C.CC(=O)C1=CCc2ccccc21.CC(=O)c1c[nH]c2ccccc12.[V]. The number of aromatic amines is 1. The van der Waals surface area contributed by atoms with Gasteiger partial charge in [0, 0.05) is 46.8 Å². The molecule has 3 aromatic rings. The molecule has 0 atom stereocenters. The van der Waals surface area contributed by atoms with E-state index in [4.69, 9.17) is 0 Å². The van der Waals surface area contributed by atoms with Gasteiger partial charge in [0.2, 0.25) is 0 Å². The molecular formula is C22H23NO2V. The van der Waals surface area contributed by atoms with Crippen molar-refractivity contribution in [2.24, 2.45) is 0 Å². The molecular weight excluding hydrogens is 361 g/mol. The van der Waals surface area contributed by atoms with Crippen molar-refractivity contribution in [2.45, 2.75) is 27.7 Å².